The molecule has 2 aromatic rings. The summed E-state index contributed by atoms with van der Waals surface area (Å²) in [5, 5.41) is 11.3. The molecule has 0 amide bonds. The highest BCUT2D eigenvalue weighted by molar-refractivity contribution is 7.99. The molecule has 0 aliphatic carbocycles. The molecule has 6 heteroatoms. The SMILES string of the molecule is Cc1ccc(Sc2ccc([N+](=O)[O-])c(N)n2)c(C)c1. The standard InChI is InChI=1S/C13H13N3O2S/c1-8-3-5-11(9(2)7-8)19-12-6-4-10(16(17)18)13(14)15-12/h3-7H,1-2H3,(H2,14,15). The molecule has 0 atom stereocenters. The van der Waals surface area contributed by atoms with Gasteiger partial charge in [-0.15, -0.1) is 0 Å². The first-order valence-corrected chi connectivity index (χ1v) is 6.45. The zero-order valence-electron chi connectivity index (χ0n) is 10.6. The molecule has 0 saturated heterocycles. The number of rotatable bonds is 3. The van der Waals surface area contributed by atoms with Gasteiger partial charge in [0, 0.05) is 11.0 Å². The van der Waals surface area contributed by atoms with Gasteiger partial charge in [0.2, 0.25) is 5.82 Å². The molecule has 0 saturated carbocycles. The van der Waals surface area contributed by atoms with Crippen LogP contribution in [0, 0.1) is 24.0 Å². The number of nitrogens with zero attached hydrogens (tertiary/aromatic N) is 2. The second-order valence-corrected chi connectivity index (χ2v) is 5.24. The average Bonchev–Trinajstić information content (AvgIpc) is 2.32. The molecule has 2 N–H and O–H groups in total. The molecular weight excluding hydrogens is 262 g/mol. The maximum absolute atomic E-state index is 10.7. The summed E-state index contributed by atoms with van der Waals surface area (Å²) in [5.41, 5.74) is 7.74. The van der Waals surface area contributed by atoms with Crippen molar-refractivity contribution >= 4 is 23.3 Å². The van der Waals surface area contributed by atoms with Gasteiger partial charge in [-0.05, 0) is 31.5 Å². The van der Waals surface area contributed by atoms with Gasteiger partial charge in [-0.3, -0.25) is 10.1 Å². The zero-order valence-corrected chi connectivity index (χ0v) is 11.4. The minimum absolute atomic E-state index is 0.0558. The Morgan fingerprint density at radius 1 is 1.26 bits per heavy atom. The van der Waals surface area contributed by atoms with Crippen LogP contribution in [0.3, 0.4) is 0 Å². The molecule has 0 fully saturated rings. The highest BCUT2D eigenvalue weighted by Crippen LogP contribution is 2.31. The number of aromatic nitrogens is 1. The third-order valence-electron chi connectivity index (χ3n) is 2.62. The van der Waals surface area contributed by atoms with Crippen LogP contribution in [-0.4, -0.2) is 9.91 Å². The normalized spacial score (nSPS) is 10.4. The smallest absolute Gasteiger partial charge is 0.311 e. The summed E-state index contributed by atoms with van der Waals surface area (Å²) >= 11 is 1.44. The lowest BCUT2D eigenvalue weighted by Crippen LogP contribution is -1.98. The zero-order chi connectivity index (χ0) is 14.0. The predicted octanol–water partition coefficient (Wildman–Crippen LogP) is 3.34. The van der Waals surface area contributed by atoms with E-state index >= 15 is 0 Å². The van der Waals surface area contributed by atoms with Gasteiger partial charge in [-0.2, -0.15) is 0 Å². The van der Waals surface area contributed by atoms with Crippen LogP contribution < -0.4 is 5.73 Å². The summed E-state index contributed by atoms with van der Waals surface area (Å²) in [6, 6.07) is 9.10. The Morgan fingerprint density at radius 3 is 2.58 bits per heavy atom. The highest BCUT2D eigenvalue weighted by atomic mass is 32.2. The molecule has 1 heterocycles. The molecule has 1 aromatic heterocycles. The largest absolute Gasteiger partial charge is 0.378 e. The third-order valence-corrected chi connectivity index (χ3v) is 3.73. The molecule has 0 aliphatic heterocycles. The Kier molecular flexibility index (Phi) is 3.71. The summed E-state index contributed by atoms with van der Waals surface area (Å²) < 4.78 is 0. The first kappa shape index (κ1) is 13.4. The molecule has 1 aromatic carbocycles. The number of hydrogen-bond acceptors (Lipinski definition) is 5. The quantitative estimate of drug-likeness (QED) is 0.686. The average molecular weight is 275 g/mol. The Hall–Kier alpha value is -2.08. The van der Waals surface area contributed by atoms with Crippen LogP contribution in [0.1, 0.15) is 11.1 Å². The second-order valence-electron chi connectivity index (χ2n) is 4.18. The van der Waals surface area contributed by atoms with Gasteiger partial charge in [0.15, 0.2) is 0 Å². The maximum atomic E-state index is 10.7. The first-order chi connectivity index (χ1) is 8.97. The molecule has 98 valence electrons. The Morgan fingerprint density at radius 2 is 2.00 bits per heavy atom. The Labute approximate surface area is 115 Å². The number of nitro groups is 1. The Bertz CT molecular complexity index is 644. The monoisotopic (exact) mass is 275 g/mol. The van der Waals surface area contributed by atoms with Crippen molar-refractivity contribution in [3.63, 3.8) is 0 Å². The summed E-state index contributed by atoms with van der Waals surface area (Å²) in [6.45, 7) is 4.05. The summed E-state index contributed by atoms with van der Waals surface area (Å²) in [5.74, 6) is -0.0558. The molecule has 0 radical (unpaired) electrons. The van der Waals surface area contributed by atoms with Crippen molar-refractivity contribution in [2.45, 2.75) is 23.8 Å². The van der Waals surface area contributed by atoms with Crippen molar-refractivity contribution in [3.8, 4) is 0 Å². The van der Waals surface area contributed by atoms with Crippen LogP contribution >= 0.6 is 11.8 Å². The van der Waals surface area contributed by atoms with E-state index in [1.165, 1.54) is 23.4 Å². The van der Waals surface area contributed by atoms with E-state index in [1.54, 1.807) is 6.07 Å². The van der Waals surface area contributed by atoms with E-state index in [4.69, 9.17) is 5.73 Å². The van der Waals surface area contributed by atoms with Crippen molar-refractivity contribution < 1.29 is 4.92 Å². The number of nitrogens with two attached hydrogens (primary N) is 1. The van der Waals surface area contributed by atoms with Gasteiger partial charge in [0.25, 0.3) is 0 Å². The fourth-order valence-corrected chi connectivity index (χ4v) is 2.55. The summed E-state index contributed by atoms with van der Waals surface area (Å²) in [4.78, 5) is 15.2. The second kappa shape index (κ2) is 5.27. The van der Waals surface area contributed by atoms with Crippen molar-refractivity contribution in [1.82, 2.24) is 4.98 Å². The third kappa shape index (κ3) is 3.03. The van der Waals surface area contributed by atoms with Crippen molar-refractivity contribution in [3.05, 3.63) is 51.6 Å². The van der Waals surface area contributed by atoms with E-state index in [0.717, 1.165) is 10.5 Å². The lowest BCUT2D eigenvalue weighted by molar-refractivity contribution is -0.384. The minimum Gasteiger partial charge on any atom is -0.378 e. The van der Waals surface area contributed by atoms with Crippen LogP contribution in [0.4, 0.5) is 11.5 Å². The van der Waals surface area contributed by atoms with E-state index in [0.29, 0.717) is 5.03 Å². The van der Waals surface area contributed by atoms with E-state index in [2.05, 4.69) is 11.1 Å². The van der Waals surface area contributed by atoms with Gasteiger partial charge in [-0.25, -0.2) is 4.98 Å². The number of hydrogen-bond donors (Lipinski definition) is 1. The van der Waals surface area contributed by atoms with Crippen LogP contribution in [0.5, 0.6) is 0 Å². The summed E-state index contributed by atoms with van der Waals surface area (Å²) in [7, 11) is 0. The van der Waals surface area contributed by atoms with Crippen LogP contribution in [0.2, 0.25) is 0 Å². The van der Waals surface area contributed by atoms with Crippen LogP contribution in [0.25, 0.3) is 0 Å². The van der Waals surface area contributed by atoms with E-state index in [1.807, 2.05) is 26.0 Å². The Balaban J connectivity index is 2.29. The van der Waals surface area contributed by atoms with Gasteiger partial charge in [-0.1, -0.05) is 29.5 Å². The van der Waals surface area contributed by atoms with Crippen LogP contribution in [-0.2, 0) is 0 Å². The number of nitrogen functional groups attached to an aromatic ring is 1. The van der Waals surface area contributed by atoms with Crippen molar-refractivity contribution in [1.29, 1.82) is 0 Å². The van der Waals surface area contributed by atoms with E-state index in [-0.39, 0.29) is 11.5 Å². The number of aryl methyl sites for hydroxylation is 2. The van der Waals surface area contributed by atoms with Gasteiger partial charge < -0.3 is 5.73 Å². The topological polar surface area (TPSA) is 82.0 Å². The molecule has 0 unspecified atom stereocenters. The van der Waals surface area contributed by atoms with Gasteiger partial charge in [0.05, 0.1) is 4.92 Å². The van der Waals surface area contributed by atoms with Crippen LogP contribution in [0.15, 0.2) is 40.3 Å². The fourth-order valence-electron chi connectivity index (χ4n) is 1.69. The number of pyridine rings is 1. The maximum Gasteiger partial charge on any atom is 0.311 e. The fraction of sp³-hybridized carbons (Fsp3) is 0.154. The predicted molar refractivity (Wildman–Crippen MR) is 75.3 cm³/mol. The minimum atomic E-state index is -0.534. The number of anilines is 1. The molecule has 0 spiro atoms. The first-order valence-electron chi connectivity index (χ1n) is 5.63. The highest BCUT2D eigenvalue weighted by Gasteiger charge is 2.13. The van der Waals surface area contributed by atoms with Gasteiger partial charge in [0.1, 0.15) is 5.03 Å². The number of benzene rings is 1. The molecule has 0 bridgehead atoms. The molecular formula is C13H13N3O2S. The lowest BCUT2D eigenvalue weighted by Gasteiger charge is -2.06. The molecule has 19 heavy (non-hydrogen) atoms. The van der Waals surface area contributed by atoms with Crippen molar-refractivity contribution in [2.75, 3.05) is 5.73 Å². The summed E-state index contributed by atoms with van der Waals surface area (Å²) in [6.07, 6.45) is 0. The van der Waals surface area contributed by atoms with E-state index < -0.39 is 4.92 Å². The van der Waals surface area contributed by atoms with Crippen molar-refractivity contribution in [2.24, 2.45) is 0 Å². The van der Waals surface area contributed by atoms with Gasteiger partial charge >= 0.3 is 5.69 Å². The lowest BCUT2D eigenvalue weighted by atomic mass is 10.2. The molecule has 5 nitrogen and oxygen atoms in total. The molecule has 2 rings (SSSR count). The van der Waals surface area contributed by atoms with E-state index in [9.17, 15) is 10.1 Å². The molecule has 0 aliphatic rings.